The summed E-state index contributed by atoms with van der Waals surface area (Å²) in [5.74, 6) is -1.19. The number of likely N-dealkylation sites (N-methyl/N-ethyl adjacent to an activating group) is 1. The van der Waals surface area contributed by atoms with Crippen molar-refractivity contribution >= 4 is 58.0 Å². The van der Waals surface area contributed by atoms with Crippen LogP contribution in [0.15, 0.2) is 58.7 Å². The van der Waals surface area contributed by atoms with Gasteiger partial charge >= 0.3 is 0 Å². The van der Waals surface area contributed by atoms with E-state index in [1.165, 1.54) is 0 Å². The second kappa shape index (κ2) is 10.5. The van der Waals surface area contributed by atoms with Gasteiger partial charge in [0.1, 0.15) is 5.70 Å². The predicted octanol–water partition coefficient (Wildman–Crippen LogP) is 4.98. The van der Waals surface area contributed by atoms with Gasteiger partial charge in [-0.05, 0) is 65.2 Å². The molecule has 2 amide bonds. The van der Waals surface area contributed by atoms with Gasteiger partial charge in [-0.1, -0.05) is 46.9 Å². The molecule has 3 N–H and O–H groups in total. The summed E-state index contributed by atoms with van der Waals surface area (Å²) < 4.78 is 0. The SMILES string of the molecule is CC(C(=Nc1ccc(Cl)cc1Cl)c1ccc(Cl)cc1)=C(N)C(=O)NC(=O)C(C)(C)N(C)C. The monoisotopic (exact) mass is 494 g/mol. The summed E-state index contributed by atoms with van der Waals surface area (Å²) in [6, 6.07) is 11.8. The average Bonchev–Trinajstić information content (AvgIpc) is 2.72. The van der Waals surface area contributed by atoms with Gasteiger partial charge in [0.25, 0.3) is 5.91 Å². The molecule has 32 heavy (non-hydrogen) atoms. The van der Waals surface area contributed by atoms with Crippen molar-refractivity contribution in [2.45, 2.75) is 26.3 Å². The zero-order chi connectivity index (χ0) is 24.2. The Balaban J connectivity index is 2.53. The molecule has 0 heterocycles. The van der Waals surface area contributed by atoms with Crippen LogP contribution in [0, 0.1) is 0 Å². The van der Waals surface area contributed by atoms with Gasteiger partial charge in [-0.3, -0.25) is 19.8 Å². The minimum atomic E-state index is -0.909. The van der Waals surface area contributed by atoms with E-state index in [-0.39, 0.29) is 5.70 Å². The van der Waals surface area contributed by atoms with Crippen LogP contribution in [0.3, 0.4) is 0 Å². The average molecular weight is 496 g/mol. The third kappa shape index (κ3) is 6.11. The highest BCUT2D eigenvalue weighted by Gasteiger charge is 2.32. The molecule has 0 aromatic heterocycles. The molecular formula is C23H25Cl3N4O2. The lowest BCUT2D eigenvalue weighted by Crippen LogP contribution is -2.54. The number of hydrogen-bond acceptors (Lipinski definition) is 5. The Kier molecular flexibility index (Phi) is 8.48. The van der Waals surface area contributed by atoms with Crippen LogP contribution in [0.5, 0.6) is 0 Å². The van der Waals surface area contributed by atoms with Crippen LogP contribution in [0.25, 0.3) is 0 Å². The summed E-state index contributed by atoms with van der Waals surface area (Å²) in [6.45, 7) is 5.05. The fourth-order valence-corrected chi connectivity index (χ4v) is 3.07. The van der Waals surface area contributed by atoms with Gasteiger partial charge in [-0.25, -0.2) is 4.99 Å². The molecule has 0 atom stereocenters. The Bertz CT molecular complexity index is 1090. The largest absolute Gasteiger partial charge is 0.394 e. The van der Waals surface area contributed by atoms with Crippen LogP contribution in [0.2, 0.25) is 15.1 Å². The molecule has 0 aliphatic carbocycles. The first-order valence-electron chi connectivity index (χ1n) is 9.64. The highest BCUT2D eigenvalue weighted by atomic mass is 35.5. The van der Waals surface area contributed by atoms with E-state index < -0.39 is 17.4 Å². The summed E-state index contributed by atoms with van der Waals surface area (Å²) in [7, 11) is 3.49. The molecule has 2 aromatic rings. The summed E-state index contributed by atoms with van der Waals surface area (Å²) in [6.07, 6.45) is 0. The fraction of sp³-hybridized carbons (Fsp3) is 0.261. The molecule has 0 radical (unpaired) electrons. The van der Waals surface area contributed by atoms with Crippen molar-refractivity contribution in [2.24, 2.45) is 10.7 Å². The van der Waals surface area contributed by atoms with E-state index in [4.69, 9.17) is 40.5 Å². The number of hydrogen-bond donors (Lipinski definition) is 2. The molecule has 2 aromatic carbocycles. The lowest BCUT2D eigenvalue weighted by Gasteiger charge is -2.30. The standard InChI is InChI=1S/C23H25Cl3N4O2/c1-13(19(27)21(31)29-22(32)23(2,3)30(4)5)20(14-6-8-15(24)9-7-14)28-18-11-10-16(25)12-17(18)26/h6-12H,27H2,1-5H3,(H,29,31,32). The molecule has 0 bridgehead atoms. The van der Waals surface area contributed by atoms with Crippen molar-refractivity contribution in [3.05, 3.63) is 74.4 Å². The Labute approximate surface area is 203 Å². The van der Waals surface area contributed by atoms with E-state index in [0.717, 1.165) is 0 Å². The van der Waals surface area contributed by atoms with Crippen LogP contribution in [-0.4, -0.2) is 42.1 Å². The van der Waals surface area contributed by atoms with Crippen molar-refractivity contribution in [3.63, 3.8) is 0 Å². The number of nitrogens with two attached hydrogens (primary N) is 1. The highest BCUT2D eigenvalue weighted by Crippen LogP contribution is 2.30. The Morgan fingerprint density at radius 2 is 1.56 bits per heavy atom. The number of aliphatic imine (C=N–C) groups is 1. The third-order valence-electron chi connectivity index (χ3n) is 5.16. The molecule has 0 saturated heterocycles. The Morgan fingerprint density at radius 3 is 2.09 bits per heavy atom. The quantitative estimate of drug-likeness (QED) is 0.437. The molecule has 0 aliphatic heterocycles. The van der Waals surface area contributed by atoms with Crippen molar-refractivity contribution in [1.29, 1.82) is 0 Å². The van der Waals surface area contributed by atoms with E-state index in [1.807, 2.05) is 0 Å². The minimum Gasteiger partial charge on any atom is -0.394 e. The molecule has 2 rings (SSSR count). The van der Waals surface area contributed by atoms with Crippen LogP contribution in [-0.2, 0) is 9.59 Å². The van der Waals surface area contributed by atoms with Gasteiger partial charge in [-0.15, -0.1) is 0 Å². The summed E-state index contributed by atoms with van der Waals surface area (Å²) in [5, 5.41) is 3.70. The number of nitrogens with zero attached hydrogens (tertiary/aromatic N) is 2. The summed E-state index contributed by atoms with van der Waals surface area (Å²) in [4.78, 5) is 31.7. The number of benzene rings is 2. The zero-order valence-electron chi connectivity index (χ0n) is 18.5. The van der Waals surface area contributed by atoms with Crippen molar-refractivity contribution < 1.29 is 9.59 Å². The normalized spacial score (nSPS) is 13.1. The highest BCUT2D eigenvalue weighted by molar-refractivity contribution is 6.36. The van der Waals surface area contributed by atoms with Gasteiger partial charge in [-0.2, -0.15) is 0 Å². The number of imide groups is 1. The maximum atomic E-state index is 12.8. The maximum absolute atomic E-state index is 12.8. The van der Waals surface area contributed by atoms with E-state index >= 15 is 0 Å². The topological polar surface area (TPSA) is 87.8 Å². The van der Waals surface area contributed by atoms with Crippen molar-refractivity contribution in [2.75, 3.05) is 14.1 Å². The molecule has 0 spiro atoms. The minimum absolute atomic E-state index is 0.147. The van der Waals surface area contributed by atoms with E-state index in [0.29, 0.717) is 37.6 Å². The van der Waals surface area contributed by atoms with Gasteiger partial charge in [0.2, 0.25) is 5.91 Å². The van der Waals surface area contributed by atoms with E-state index in [1.54, 1.807) is 82.2 Å². The lowest BCUT2D eigenvalue weighted by molar-refractivity contribution is -0.135. The molecule has 0 unspecified atom stereocenters. The van der Waals surface area contributed by atoms with Gasteiger partial charge in [0.05, 0.1) is 22.0 Å². The molecule has 0 saturated carbocycles. The summed E-state index contributed by atoms with van der Waals surface area (Å²) in [5.41, 5.74) is 6.97. The predicted molar refractivity (Wildman–Crippen MR) is 132 cm³/mol. The molecule has 0 aliphatic rings. The van der Waals surface area contributed by atoms with Crippen LogP contribution < -0.4 is 11.1 Å². The van der Waals surface area contributed by atoms with Crippen LogP contribution in [0.1, 0.15) is 26.3 Å². The molecule has 6 nitrogen and oxygen atoms in total. The maximum Gasteiger partial charge on any atom is 0.274 e. The number of allylic oxidation sites excluding steroid dienone is 1. The van der Waals surface area contributed by atoms with Gasteiger partial charge in [0.15, 0.2) is 0 Å². The van der Waals surface area contributed by atoms with Crippen LogP contribution >= 0.6 is 34.8 Å². The molecule has 9 heteroatoms. The first-order chi connectivity index (χ1) is 14.8. The number of rotatable bonds is 6. The number of amides is 2. The Morgan fingerprint density at radius 1 is 1.00 bits per heavy atom. The molecular weight excluding hydrogens is 471 g/mol. The molecule has 0 fully saturated rings. The zero-order valence-corrected chi connectivity index (χ0v) is 20.7. The lowest BCUT2D eigenvalue weighted by atomic mass is 10.0. The second-order valence-corrected chi connectivity index (χ2v) is 9.12. The number of nitrogens with one attached hydrogen (secondary N) is 1. The smallest absolute Gasteiger partial charge is 0.274 e. The van der Waals surface area contributed by atoms with E-state index in [2.05, 4.69) is 10.3 Å². The van der Waals surface area contributed by atoms with Crippen molar-refractivity contribution in [1.82, 2.24) is 10.2 Å². The first kappa shape index (κ1) is 25.9. The van der Waals surface area contributed by atoms with E-state index in [9.17, 15) is 9.59 Å². The van der Waals surface area contributed by atoms with Gasteiger partial charge < -0.3 is 5.73 Å². The van der Waals surface area contributed by atoms with Gasteiger partial charge in [0, 0.05) is 21.2 Å². The number of carbonyl (C=O) groups excluding carboxylic acids is 2. The van der Waals surface area contributed by atoms with Crippen LogP contribution in [0.4, 0.5) is 5.69 Å². The second-order valence-electron chi connectivity index (χ2n) is 7.84. The summed E-state index contributed by atoms with van der Waals surface area (Å²) >= 11 is 18.3. The van der Waals surface area contributed by atoms with Crippen molar-refractivity contribution in [3.8, 4) is 0 Å². The Hall–Kier alpha value is -2.38. The molecule has 170 valence electrons. The first-order valence-corrected chi connectivity index (χ1v) is 10.8. The number of halogens is 3. The number of carbonyl (C=O) groups is 2. The fourth-order valence-electron chi connectivity index (χ4n) is 2.49. The third-order valence-corrected chi connectivity index (χ3v) is 5.95.